The normalized spacial score (nSPS) is 11.8. The Morgan fingerprint density at radius 3 is 2.57 bits per heavy atom. The maximum atomic E-state index is 12.5. The van der Waals surface area contributed by atoms with Gasteiger partial charge in [-0.25, -0.2) is 13.2 Å². The fraction of sp³-hybridized carbons (Fsp3) is 0.462. The lowest BCUT2D eigenvalue weighted by Crippen LogP contribution is -2.34. The Morgan fingerprint density at radius 2 is 2.05 bits per heavy atom. The second-order valence-electron chi connectivity index (χ2n) is 4.14. The summed E-state index contributed by atoms with van der Waals surface area (Å²) in [5.74, 6) is -1.21. The van der Waals surface area contributed by atoms with Gasteiger partial charge in [0.25, 0.3) is 0 Å². The number of halogens is 1. The smallest absolute Gasteiger partial charge is 0.335 e. The standard InChI is InChI=1S/C13H18ClNO5S/c1-3-15(7-8-20-4-2)21(18,19)12-9-10(13(16)17)5-6-11(12)14/h5-6,9H,3-4,7-8H2,1-2H3,(H,16,17). The van der Waals surface area contributed by atoms with E-state index in [1.807, 2.05) is 6.92 Å². The minimum atomic E-state index is -3.86. The lowest BCUT2D eigenvalue weighted by atomic mass is 10.2. The van der Waals surface area contributed by atoms with Crippen molar-refractivity contribution in [2.24, 2.45) is 0 Å². The van der Waals surface area contributed by atoms with Gasteiger partial charge in [-0.1, -0.05) is 18.5 Å². The molecule has 0 saturated heterocycles. The Hall–Kier alpha value is -1.15. The molecular formula is C13H18ClNO5S. The molecule has 0 atom stereocenters. The van der Waals surface area contributed by atoms with Crippen LogP contribution in [0.25, 0.3) is 0 Å². The summed E-state index contributed by atoms with van der Waals surface area (Å²) in [6, 6.07) is 3.61. The minimum absolute atomic E-state index is 0.00476. The summed E-state index contributed by atoms with van der Waals surface area (Å²) in [5.41, 5.74) is -0.126. The Balaban J connectivity index is 3.15. The van der Waals surface area contributed by atoms with Crippen LogP contribution in [0.5, 0.6) is 0 Å². The van der Waals surface area contributed by atoms with Crippen molar-refractivity contribution in [1.29, 1.82) is 0 Å². The van der Waals surface area contributed by atoms with E-state index >= 15 is 0 Å². The Bertz CT molecular complexity index is 603. The van der Waals surface area contributed by atoms with Crippen molar-refractivity contribution in [2.45, 2.75) is 18.7 Å². The van der Waals surface area contributed by atoms with Gasteiger partial charge < -0.3 is 9.84 Å². The third-order valence-corrected chi connectivity index (χ3v) is 5.29. The van der Waals surface area contributed by atoms with Crippen LogP contribution in [0, 0.1) is 0 Å². The van der Waals surface area contributed by atoms with Crippen molar-refractivity contribution in [3.8, 4) is 0 Å². The predicted molar refractivity (Wildman–Crippen MR) is 79.3 cm³/mol. The molecule has 8 heteroatoms. The van der Waals surface area contributed by atoms with Gasteiger partial charge in [0.05, 0.1) is 17.2 Å². The highest BCUT2D eigenvalue weighted by Gasteiger charge is 2.26. The number of carboxylic acid groups (broad SMARTS) is 1. The summed E-state index contributed by atoms with van der Waals surface area (Å²) in [6.45, 7) is 4.69. The number of carboxylic acids is 1. The zero-order valence-electron chi connectivity index (χ0n) is 11.9. The molecular weight excluding hydrogens is 318 g/mol. The van der Waals surface area contributed by atoms with E-state index in [-0.39, 0.29) is 35.2 Å². The molecule has 0 aliphatic heterocycles. The van der Waals surface area contributed by atoms with Gasteiger partial charge in [0.2, 0.25) is 10.0 Å². The molecule has 0 amide bonds. The molecule has 118 valence electrons. The van der Waals surface area contributed by atoms with E-state index in [1.165, 1.54) is 16.4 Å². The summed E-state index contributed by atoms with van der Waals surface area (Å²) in [7, 11) is -3.86. The van der Waals surface area contributed by atoms with E-state index in [4.69, 9.17) is 21.4 Å². The molecule has 0 bridgehead atoms. The van der Waals surface area contributed by atoms with E-state index in [9.17, 15) is 13.2 Å². The number of sulfonamides is 1. The van der Waals surface area contributed by atoms with Gasteiger partial charge >= 0.3 is 5.97 Å². The fourth-order valence-electron chi connectivity index (χ4n) is 1.73. The zero-order valence-corrected chi connectivity index (χ0v) is 13.4. The van der Waals surface area contributed by atoms with Crippen LogP contribution < -0.4 is 0 Å². The van der Waals surface area contributed by atoms with Gasteiger partial charge in [0.1, 0.15) is 4.90 Å². The number of ether oxygens (including phenoxy) is 1. The highest BCUT2D eigenvalue weighted by molar-refractivity contribution is 7.89. The number of nitrogens with zero attached hydrogens (tertiary/aromatic N) is 1. The van der Waals surface area contributed by atoms with Crippen molar-refractivity contribution in [3.05, 3.63) is 28.8 Å². The fourth-order valence-corrected chi connectivity index (χ4v) is 3.67. The molecule has 1 N–H and O–H groups in total. The van der Waals surface area contributed by atoms with Crippen LogP contribution in [-0.4, -0.2) is 50.1 Å². The van der Waals surface area contributed by atoms with E-state index in [0.29, 0.717) is 6.61 Å². The quantitative estimate of drug-likeness (QED) is 0.735. The molecule has 0 aliphatic carbocycles. The number of carbonyl (C=O) groups is 1. The predicted octanol–water partition coefficient (Wildman–Crippen LogP) is 2.09. The topological polar surface area (TPSA) is 83.9 Å². The number of benzene rings is 1. The lowest BCUT2D eigenvalue weighted by Gasteiger charge is -2.21. The largest absolute Gasteiger partial charge is 0.478 e. The van der Waals surface area contributed by atoms with Gasteiger partial charge in [-0.05, 0) is 25.1 Å². The number of rotatable bonds is 8. The monoisotopic (exact) mass is 335 g/mol. The summed E-state index contributed by atoms with van der Waals surface area (Å²) >= 11 is 5.92. The summed E-state index contributed by atoms with van der Waals surface area (Å²) < 4.78 is 31.5. The highest BCUT2D eigenvalue weighted by Crippen LogP contribution is 2.25. The van der Waals surface area contributed by atoms with Gasteiger partial charge in [-0.2, -0.15) is 4.31 Å². The molecule has 0 unspecified atom stereocenters. The van der Waals surface area contributed by atoms with Gasteiger partial charge in [0.15, 0.2) is 0 Å². The molecule has 1 aromatic rings. The Kier molecular flexibility index (Phi) is 6.60. The third kappa shape index (κ3) is 4.41. The highest BCUT2D eigenvalue weighted by atomic mass is 35.5. The van der Waals surface area contributed by atoms with E-state index in [1.54, 1.807) is 6.92 Å². The second kappa shape index (κ2) is 7.74. The van der Waals surface area contributed by atoms with Gasteiger partial charge in [-0.3, -0.25) is 0 Å². The van der Waals surface area contributed by atoms with Crippen molar-refractivity contribution in [1.82, 2.24) is 4.31 Å². The lowest BCUT2D eigenvalue weighted by molar-refractivity contribution is 0.0696. The van der Waals surface area contributed by atoms with Crippen molar-refractivity contribution in [2.75, 3.05) is 26.3 Å². The molecule has 0 saturated carbocycles. The van der Waals surface area contributed by atoms with Crippen LogP contribution in [0.3, 0.4) is 0 Å². The zero-order chi connectivity index (χ0) is 16.0. The summed E-state index contributed by atoms with van der Waals surface area (Å²) in [4.78, 5) is 10.8. The van der Waals surface area contributed by atoms with Gasteiger partial charge in [0, 0.05) is 19.7 Å². The molecule has 1 rings (SSSR count). The Morgan fingerprint density at radius 1 is 1.38 bits per heavy atom. The first-order chi connectivity index (χ1) is 9.84. The van der Waals surface area contributed by atoms with Crippen LogP contribution in [0.15, 0.2) is 23.1 Å². The van der Waals surface area contributed by atoms with Crippen molar-refractivity contribution in [3.63, 3.8) is 0 Å². The Labute approximate surface area is 129 Å². The maximum Gasteiger partial charge on any atom is 0.335 e. The molecule has 0 aliphatic rings. The van der Waals surface area contributed by atoms with E-state index in [0.717, 1.165) is 6.07 Å². The molecule has 0 aromatic heterocycles. The number of hydrogen-bond acceptors (Lipinski definition) is 4. The number of likely N-dealkylation sites (N-methyl/N-ethyl adjacent to an activating group) is 1. The molecule has 0 fully saturated rings. The average molecular weight is 336 g/mol. The summed E-state index contributed by atoms with van der Waals surface area (Å²) in [5, 5.41) is 8.96. The second-order valence-corrected chi connectivity index (χ2v) is 6.46. The third-order valence-electron chi connectivity index (χ3n) is 2.84. The molecule has 1 aromatic carbocycles. The van der Waals surface area contributed by atoms with Crippen LogP contribution in [-0.2, 0) is 14.8 Å². The average Bonchev–Trinajstić information content (AvgIpc) is 2.43. The molecule has 0 spiro atoms. The SMILES string of the molecule is CCOCCN(CC)S(=O)(=O)c1cc(C(=O)O)ccc1Cl. The van der Waals surface area contributed by atoms with Crippen LogP contribution in [0.4, 0.5) is 0 Å². The number of hydrogen-bond donors (Lipinski definition) is 1. The van der Waals surface area contributed by atoms with Crippen LogP contribution >= 0.6 is 11.6 Å². The minimum Gasteiger partial charge on any atom is -0.478 e. The number of aromatic carboxylic acids is 1. The van der Waals surface area contributed by atoms with E-state index in [2.05, 4.69) is 0 Å². The van der Waals surface area contributed by atoms with Crippen molar-refractivity contribution < 1.29 is 23.1 Å². The maximum absolute atomic E-state index is 12.5. The molecule has 0 heterocycles. The first-order valence-electron chi connectivity index (χ1n) is 6.45. The van der Waals surface area contributed by atoms with Crippen LogP contribution in [0.2, 0.25) is 5.02 Å². The molecule has 0 radical (unpaired) electrons. The first kappa shape index (κ1) is 17.9. The summed E-state index contributed by atoms with van der Waals surface area (Å²) in [6.07, 6.45) is 0. The van der Waals surface area contributed by atoms with Crippen LogP contribution in [0.1, 0.15) is 24.2 Å². The van der Waals surface area contributed by atoms with Crippen molar-refractivity contribution >= 4 is 27.6 Å². The molecule has 21 heavy (non-hydrogen) atoms. The van der Waals surface area contributed by atoms with Gasteiger partial charge in [-0.15, -0.1) is 0 Å². The van der Waals surface area contributed by atoms with E-state index < -0.39 is 16.0 Å². The first-order valence-corrected chi connectivity index (χ1v) is 8.27. The molecule has 6 nitrogen and oxygen atoms in total.